The molecule has 0 aliphatic rings. The minimum absolute atomic E-state index is 0.0146. The van der Waals surface area contributed by atoms with Crippen LogP contribution in [0.3, 0.4) is 0 Å². The summed E-state index contributed by atoms with van der Waals surface area (Å²) in [5.41, 5.74) is 2.33. The molecule has 0 radical (unpaired) electrons. The number of hydrogen-bond acceptors (Lipinski definition) is 2. The van der Waals surface area contributed by atoms with Crippen LogP contribution < -0.4 is 0 Å². The van der Waals surface area contributed by atoms with E-state index in [9.17, 15) is 4.79 Å². The number of benzene rings is 1. The predicted molar refractivity (Wildman–Crippen MR) is 68.0 cm³/mol. The molecule has 2 aromatic rings. The Morgan fingerprint density at radius 1 is 1.25 bits per heavy atom. The Labute approximate surface area is 99.8 Å². The number of rotatable bonds is 4. The maximum Gasteiger partial charge on any atom is 0.127 e. The quantitative estimate of drug-likeness (QED) is 0.734. The zero-order chi connectivity index (χ0) is 11.4. The highest BCUT2D eigenvalue weighted by Crippen LogP contribution is 2.22. The molecule has 1 nitrogen and oxygen atoms in total. The molecule has 0 amide bonds. The maximum absolute atomic E-state index is 11.1. The minimum atomic E-state index is -0.0146. The molecule has 2 rings (SSSR count). The Balaban J connectivity index is 2.16. The van der Waals surface area contributed by atoms with Gasteiger partial charge < -0.3 is 4.79 Å². The number of thiophene rings is 1. The van der Waals surface area contributed by atoms with Gasteiger partial charge in [0.05, 0.1) is 0 Å². The molecule has 82 valence electrons. The second-order valence-electron chi connectivity index (χ2n) is 3.94. The van der Waals surface area contributed by atoms with E-state index in [1.165, 1.54) is 10.4 Å². The first-order chi connectivity index (χ1) is 7.79. The van der Waals surface area contributed by atoms with Crippen LogP contribution in [0, 0.1) is 6.92 Å². The Kier molecular flexibility index (Phi) is 3.52. The van der Waals surface area contributed by atoms with Crippen LogP contribution in [-0.2, 0) is 11.2 Å². The second kappa shape index (κ2) is 5.08. The van der Waals surface area contributed by atoms with E-state index in [0.29, 0.717) is 0 Å². The van der Waals surface area contributed by atoms with E-state index in [1.807, 2.05) is 23.6 Å². The highest BCUT2D eigenvalue weighted by Gasteiger charge is 2.11. The molecule has 16 heavy (non-hydrogen) atoms. The maximum atomic E-state index is 11.1. The first-order valence-electron chi connectivity index (χ1n) is 5.34. The van der Waals surface area contributed by atoms with E-state index in [4.69, 9.17) is 0 Å². The van der Waals surface area contributed by atoms with Gasteiger partial charge in [-0.15, -0.1) is 11.3 Å². The monoisotopic (exact) mass is 230 g/mol. The Morgan fingerprint density at radius 3 is 2.56 bits per heavy atom. The Hall–Kier alpha value is -1.41. The lowest BCUT2D eigenvalue weighted by atomic mass is 9.96. The summed E-state index contributed by atoms with van der Waals surface area (Å²) in [6.07, 6.45) is 1.86. The van der Waals surface area contributed by atoms with Crippen molar-refractivity contribution < 1.29 is 4.79 Å². The molecule has 1 atom stereocenters. The lowest BCUT2D eigenvalue weighted by Gasteiger charge is -2.09. The average Bonchev–Trinajstić information content (AvgIpc) is 2.80. The molecule has 2 heteroatoms. The largest absolute Gasteiger partial charge is 0.303 e. The summed E-state index contributed by atoms with van der Waals surface area (Å²) >= 11 is 1.71. The van der Waals surface area contributed by atoms with Gasteiger partial charge in [-0.1, -0.05) is 35.9 Å². The smallest absolute Gasteiger partial charge is 0.127 e. The molecule has 1 unspecified atom stereocenters. The fraction of sp³-hybridized carbons (Fsp3) is 0.214. The van der Waals surface area contributed by atoms with Crippen molar-refractivity contribution in [2.24, 2.45) is 0 Å². The fourth-order valence-corrected chi connectivity index (χ4v) is 2.47. The van der Waals surface area contributed by atoms with Gasteiger partial charge in [-0.05, 0) is 30.4 Å². The van der Waals surface area contributed by atoms with E-state index in [-0.39, 0.29) is 5.92 Å². The summed E-state index contributed by atoms with van der Waals surface area (Å²) < 4.78 is 0. The minimum Gasteiger partial charge on any atom is -0.303 e. The summed E-state index contributed by atoms with van der Waals surface area (Å²) in [5.74, 6) is -0.0146. The van der Waals surface area contributed by atoms with Crippen LogP contribution in [-0.4, -0.2) is 6.29 Å². The molecule has 0 aliphatic heterocycles. The highest BCUT2D eigenvalue weighted by molar-refractivity contribution is 7.09. The van der Waals surface area contributed by atoms with Crippen molar-refractivity contribution in [3.8, 4) is 0 Å². The number of hydrogen-bond donors (Lipinski definition) is 0. The summed E-state index contributed by atoms with van der Waals surface area (Å²) in [7, 11) is 0. The standard InChI is InChI=1S/C14H14OS/c1-11-4-6-12(7-5-11)13(10-15)9-14-3-2-8-16-14/h2-8,10,13H,9H2,1H3. The van der Waals surface area contributed by atoms with Gasteiger partial charge in [0.15, 0.2) is 0 Å². The van der Waals surface area contributed by atoms with E-state index >= 15 is 0 Å². The van der Waals surface area contributed by atoms with Crippen molar-refractivity contribution in [1.29, 1.82) is 0 Å². The van der Waals surface area contributed by atoms with Crippen molar-refractivity contribution >= 4 is 17.6 Å². The Morgan fingerprint density at radius 2 is 2.00 bits per heavy atom. The van der Waals surface area contributed by atoms with Gasteiger partial charge in [0.2, 0.25) is 0 Å². The van der Waals surface area contributed by atoms with Crippen molar-refractivity contribution in [2.45, 2.75) is 19.3 Å². The van der Waals surface area contributed by atoms with Gasteiger partial charge in [0.1, 0.15) is 6.29 Å². The molecule has 0 fully saturated rings. The molecule has 1 heterocycles. The summed E-state index contributed by atoms with van der Waals surface area (Å²) in [4.78, 5) is 12.4. The number of aldehydes is 1. The van der Waals surface area contributed by atoms with Crippen LogP contribution in [0.5, 0.6) is 0 Å². The third kappa shape index (κ3) is 2.58. The molecule has 0 saturated carbocycles. The molecular weight excluding hydrogens is 216 g/mol. The first-order valence-corrected chi connectivity index (χ1v) is 6.22. The summed E-state index contributed by atoms with van der Waals surface area (Å²) in [5, 5.41) is 2.05. The molecule has 0 bridgehead atoms. The van der Waals surface area contributed by atoms with Crippen LogP contribution >= 0.6 is 11.3 Å². The third-order valence-corrected chi connectivity index (χ3v) is 3.57. The van der Waals surface area contributed by atoms with Gasteiger partial charge in [-0.25, -0.2) is 0 Å². The second-order valence-corrected chi connectivity index (χ2v) is 4.97. The van der Waals surface area contributed by atoms with Gasteiger partial charge >= 0.3 is 0 Å². The predicted octanol–water partition coefficient (Wildman–Crippen LogP) is 3.58. The molecular formula is C14H14OS. The first kappa shape index (κ1) is 11.1. The van der Waals surface area contributed by atoms with Crippen molar-refractivity contribution in [2.75, 3.05) is 0 Å². The molecule has 0 saturated heterocycles. The molecule has 1 aromatic carbocycles. The lowest BCUT2D eigenvalue weighted by molar-refractivity contribution is -0.109. The van der Waals surface area contributed by atoms with E-state index in [1.54, 1.807) is 11.3 Å². The van der Waals surface area contributed by atoms with Crippen molar-refractivity contribution in [3.63, 3.8) is 0 Å². The van der Waals surface area contributed by atoms with Crippen LogP contribution in [0.25, 0.3) is 0 Å². The number of aryl methyl sites for hydroxylation is 1. The average molecular weight is 230 g/mol. The van der Waals surface area contributed by atoms with Crippen molar-refractivity contribution in [3.05, 3.63) is 57.8 Å². The zero-order valence-corrected chi connectivity index (χ0v) is 10.0. The zero-order valence-electron chi connectivity index (χ0n) is 9.22. The van der Waals surface area contributed by atoms with Crippen LogP contribution in [0.15, 0.2) is 41.8 Å². The Bertz CT molecular complexity index is 442. The number of carbonyl (C=O) groups excluding carboxylic acids is 1. The third-order valence-electron chi connectivity index (χ3n) is 2.67. The summed E-state index contributed by atoms with van der Waals surface area (Å²) in [6, 6.07) is 12.3. The normalized spacial score (nSPS) is 12.3. The van der Waals surface area contributed by atoms with Gasteiger partial charge in [0, 0.05) is 10.8 Å². The topological polar surface area (TPSA) is 17.1 Å². The molecule has 0 spiro atoms. The molecule has 1 aromatic heterocycles. The summed E-state index contributed by atoms with van der Waals surface area (Å²) in [6.45, 7) is 2.05. The van der Waals surface area contributed by atoms with E-state index in [0.717, 1.165) is 18.3 Å². The highest BCUT2D eigenvalue weighted by atomic mass is 32.1. The van der Waals surface area contributed by atoms with Crippen LogP contribution in [0.4, 0.5) is 0 Å². The number of carbonyl (C=O) groups is 1. The van der Waals surface area contributed by atoms with E-state index < -0.39 is 0 Å². The molecule has 0 N–H and O–H groups in total. The SMILES string of the molecule is Cc1ccc(C(C=O)Cc2cccs2)cc1. The molecule has 0 aliphatic carbocycles. The van der Waals surface area contributed by atoms with Crippen LogP contribution in [0.2, 0.25) is 0 Å². The van der Waals surface area contributed by atoms with Crippen molar-refractivity contribution in [1.82, 2.24) is 0 Å². The lowest BCUT2D eigenvalue weighted by Crippen LogP contribution is -2.03. The van der Waals surface area contributed by atoms with Gasteiger partial charge in [0.25, 0.3) is 0 Å². The van der Waals surface area contributed by atoms with Gasteiger partial charge in [-0.3, -0.25) is 0 Å². The van der Waals surface area contributed by atoms with E-state index in [2.05, 4.69) is 25.1 Å². The van der Waals surface area contributed by atoms with Gasteiger partial charge in [-0.2, -0.15) is 0 Å². The fourth-order valence-electron chi connectivity index (χ4n) is 1.70. The van der Waals surface area contributed by atoms with Crippen LogP contribution in [0.1, 0.15) is 21.9 Å².